The van der Waals surface area contributed by atoms with E-state index < -0.39 is 8.07 Å². The molecule has 0 aromatic heterocycles. The molecule has 0 aliphatic heterocycles. The summed E-state index contributed by atoms with van der Waals surface area (Å²) < 4.78 is 0. The molecule has 0 fully saturated rings. The Kier molecular flexibility index (Phi) is 9.03. The van der Waals surface area contributed by atoms with Crippen LogP contribution in [0.3, 0.4) is 0 Å². The Bertz CT molecular complexity index is 2350. The van der Waals surface area contributed by atoms with Crippen LogP contribution in [0.1, 0.15) is 0 Å². The molecule has 0 atom stereocenters. The van der Waals surface area contributed by atoms with Gasteiger partial charge < -0.3 is 9.80 Å². The molecule has 0 saturated carbocycles. The molecule has 0 bridgehead atoms. The van der Waals surface area contributed by atoms with Gasteiger partial charge in [-0.05, 0) is 94.4 Å². The molecule has 0 heterocycles. The van der Waals surface area contributed by atoms with E-state index in [0.29, 0.717) is 0 Å². The number of hydrogen-bond acceptors (Lipinski definition) is 2. The fourth-order valence-electron chi connectivity index (χ4n) is 7.00. The Labute approximate surface area is 308 Å². The first-order valence-corrected chi connectivity index (χ1v) is 21.5. The lowest BCUT2D eigenvalue weighted by Crippen LogP contribution is -2.37. The van der Waals surface area contributed by atoms with Crippen molar-refractivity contribution < 1.29 is 0 Å². The summed E-state index contributed by atoms with van der Waals surface area (Å²) in [6.07, 6.45) is 0. The molecule has 2 nitrogen and oxygen atoms in total. The molecule has 3 heteroatoms. The highest BCUT2D eigenvalue weighted by atomic mass is 28.3. The first kappa shape index (κ1) is 33.0. The van der Waals surface area contributed by atoms with Gasteiger partial charge in [-0.2, -0.15) is 0 Å². The Morgan fingerprint density at radius 2 is 0.673 bits per heavy atom. The summed E-state index contributed by atoms with van der Waals surface area (Å²) >= 11 is 0. The van der Waals surface area contributed by atoms with Crippen LogP contribution in [0, 0.1) is 0 Å². The second-order valence-electron chi connectivity index (χ2n) is 14.3. The molecule has 0 amide bonds. The standard InChI is InChI=1S/C49H42N2Si/c1-52(2,3)47-35-33-46(34-36-47)51(49-20-12-14-41-13-10-11-19-48(41)49)45-31-27-40(28-32-45)38-23-21-37(22-24-38)39-25-29-44(30-26-39)50(42-15-6-4-7-16-42)43-17-8-5-9-18-43/h4-36H,1-3H3. The van der Waals surface area contributed by atoms with Crippen molar-refractivity contribution in [1.82, 2.24) is 0 Å². The topological polar surface area (TPSA) is 6.48 Å². The molecule has 0 spiro atoms. The SMILES string of the molecule is C[Si](C)(C)c1ccc(N(c2ccc(-c3ccc(-c4ccc(N(c5ccccc5)c5ccccc5)cc4)cc3)cc2)c2cccc3ccccc23)cc1. The summed E-state index contributed by atoms with van der Waals surface area (Å²) in [6.45, 7) is 7.20. The number of fused-ring (bicyclic) bond motifs is 1. The third-order valence-corrected chi connectivity index (χ3v) is 11.9. The van der Waals surface area contributed by atoms with Gasteiger partial charge in [0.05, 0.1) is 13.8 Å². The van der Waals surface area contributed by atoms with E-state index in [0.717, 1.165) is 28.4 Å². The minimum absolute atomic E-state index is 1.13. The van der Waals surface area contributed by atoms with Crippen molar-refractivity contribution in [2.24, 2.45) is 0 Å². The molecule has 252 valence electrons. The third-order valence-electron chi connectivity index (χ3n) is 9.83. The fraction of sp³-hybridized carbons (Fsp3) is 0.0612. The maximum absolute atomic E-state index is 2.40. The lowest BCUT2D eigenvalue weighted by Gasteiger charge is -2.28. The number of benzene rings is 8. The van der Waals surface area contributed by atoms with E-state index in [4.69, 9.17) is 0 Å². The molecule has 0 aliphatic carbocycles. The van der Waals surface area contributed by atoms with Crippen LogP contribution in [0.2, 0.25) is 19.6 Å². The Morgan fingerprint density at radius 1 is 0.308 bits per heavy atom. The summed E-state index contributed by atoms with van der Waals surface area (Å²) in [5, 5.41) is 3.93. The number of rotatable bonds is 9. The van der Waals surface area contributed by atoms with Crippen molar-refractivity contribution in [2.75, 3.05) is 9.80 Å². The highest BCUT2D eigenvalue weighted by Gasteiger charge is 2.19. The van der Waals surface area contributed by atoms with E-state index in [1.54, 1.807) is 0 Å². The van der Waals surface area contributed by atoms with Gasteiger partial charge in [0.25, 0.3) is 0 Å². The van der Waals surface area contributed by atoms with Crippen LogP contribution < -0.4 is 15.0 Å². The van der Waals surface area contributed by atoms with Gasteiger partial charge in [-0.15, -0.1) is 0 Å². The minimum Gasteiger partial charge on any atom is -0.311 e. The van der Waals surface area contributed by atoms with E-state index in [9.17, 15) is 0 Å². The van der Waals surface area contributed by atoms with E-state index in [2.05, 4.69) is 230 Å². The van der Waals surface area contributed by atoms with Gasteiger partial charge in [0.1, 0.15) is 0 Å². The van der Waals surface area contributed by atoms with Crippen LogP contribution >= 0.6 is 0 Å². The second kappa shape index (κ2) is 14.2. The van der Waals surface area contributed by atoms with Crippen molar-refractivity contribution in [2.45, 2.75) is 19.6 Å². The van der Waals surface area contributed by atoms with Gasteiger partial charge in [0.15, 0.2) is 0 Å². The van der Waals surface area contributed by atoms with Gasteiger partial charge in [-0.3, -0.25) is 0 Å². The molecular formula is C49H42N2Si. The predicted molar refractivity (Wildman–Crippen MR) is 227 cm³/mol. The normalized spacial score (nSPS) is 11.4. The molecule has 52 heavy (non-hydrogen) atoms. The van der Waals surface area contributed by atoms with Gasteiger partial charge in [-0.25, -0.2) is 0 Å². The van der Waals surface area contributed by atoms with E-state index in [1.165, 1.54) is 43.9 Å². The molecule has 0 radical (unpaired) electrons. The van der Waals surface area contributed by atoms with Crippen molar-refractivity contribution in [3.05, 3.63) is 200 Å². The summed E-state index contributed by atoms with van der Waals surface area (Å²) in [7, 11) is -1.42. The molecule has 0 N–H and O–H groups in total. The van der Waals surface area contributed by atoms with Crippen molar-refractivity contribution in [1.29, 1.82) is 0 Å². The van der Waals surface area contributed by atoms with Crippen LogP contribution in [0.15, 0.2) is 200 Å². The fourth-order valence-corrected chi connectivity index (χ4v) is 8.17. The average Bonchev–Trinajstić information content (AvgIpc) is 3.20. The maximum atomic E-state index is 2.40. The van der Waals surface area contributed by atoms with Crippen LogP contribution in [0.5, 0.6) is 0 Å². The summed E-state index contributed by atoms with van der Waals surface area (Å²) in [5.41, 5.74) is 11.7. The Hall–Kier alpha value is -6.16. The first-order valence-electron chi connectivity index (χ1n) is 18.0. The van der Waals surface area contributed by atoms with Crippen LogP contribution in [-0.2, 0) is 0 Å². The molecule has 0 saturated heterocycles. The van der Waals surface area contributed by atoms with Crippen molar-refractivity contribution in [3.8, 4) is 22.3 Å². The van der Waals surface area contributed by atoms with Gasteiger partial charge >= 0.3 is 0 Å². The largest absolute Gasteiger partial charge is 0.311 e. The quantitative estimate of drug-likeness (QED) is 0.139. The predicted octanol–water partition coefficient (Wildman–Crippen LogP) is 13.7. The highest BCUT2D eigenvalue weighted by Crippen LogP contribution is 2.40. The van der Waals surface area contributed by atoms with E-state index in [1.807, 2.05) is 0 Å². The molecule has 0 aliphatic rings. The monoisotopic (exact) mass is 686 g/mol. The minimum atomic E-state index is -1.42. The zero-order valence-corrected chi connectivity index (χ0v) is 30.9. The van der Waals surface area contributed by atoms with Crippen molar-refractivity contribution >= 4 is 58.2 Å². The lowest BCUT2D eigenvalue weighted by molar-refractivity contribution is 1.28. The van der Waals surface area contributed by atoms with Crippen LogP contribution in [0.25, 0.3) is 33.0 Å². The van der Waals surface area contributed by atoms with Gasteiger partial charge in [-0.1, -0.05) is 158 Å². The second-order valence-corrected chi connectivity index (χ2v) is 19.4. The van der Waals surface area contributed by atoms with E-state index >= 15 is 0 Å². The number of para-hydroxylation sites is 2. The number of anilines is 6. The Morgan fingerprint density at radius 3 is 1.15 bits per heavy atom. The lowest BCUT2D eigenvalue weighted by atomic mass is 9.99. The molecule has 8 rings (SSSR count). The zero-order chi connectivity index (χ0) is 35.5. The zero-order valence-electron chi connectivity index (χ0n) is 29.9. The smallest absolute Gasteiger partial charge is 0.0775 e. The summed E-state index contributed by atoms with van der Waals surface area (Å²) in [5.74, 6) is 0. The number of hydrogen-bond donors (Lipinski definition) is 0. The Balaban J connectivity index is 1.07. The van der Waals surface area contributed by atoms with Crippen molar-refractivity contribution in [3.63, 3.8) is 0 Å². The van der Waals surface area contributed by atoms with Crippen LogP contribution in [0.4, 0.5) is 34.1 Å². The molecular weight excluding hydrogens is 645 g/mol. The number of nitrogens with zero attached hydrogens (tertiary/aromatic N) is 2. The third kappa shape index (κ3) is 6.79. The summed E-state index contributed by atoms with van der Waals surface area (Å²) in [4.78, 5) is 4.68. The first-order chi connectivity index (χ1) is 25.4. The molecule has 8 aromatic carbocycles. The molecule has 8 aromatic rings. The van der Waals surface area contributed by atoms with E-state index in [-0.39, 0.29) is 0 Å². The molecule has 0 unspecified atom stereocenters. The van der Waals surface area contributed by atoms with Crippen LogP contribution in [-0.4, -0.2) is 8.07 Å². The highest BCUT2D eigenvalue weighted by molar-refractivity contribution is 6.88. The van der Waals surface area contributed by atoms with Gasteiger partial charge in [0.2, 0.25) is 0 Å². The summed E-state index contributed by atoms with van der Waals surface area (Å²) in [6, 6.07) is 72.3. The van der Waals surface area contributed by atoms with Gasteiger partial charge in [0, 0.05) is 33.8 Å². The maximum Gasteiger partial charge on any atom is 0.0775 e. The average molecular weight is 687 g/mol.